The van der Waals surface area contributed by atoms with E-state index in [1.165, 1.54) is 54.1 Å². The number of fused-ring (bicyclic) bond motifs is 3. The largest absolute Gasteiger partial charge is 1.00 e. The van der Waals surface area contributed by atoms with Crippen LogP contribution >= 0.6 is 15.8 Å². The minimum absolute atomic E-state index is 0. The van der Waals surface area contributed by atoms with Gasteiger partial charge in [0.2, 0.25) is 0 Å². The van der Waals surface area contributed by atoms with E-state index in [2.05, 4.69) is 265 Å². The van der Waals surface area contributed by atoms with Crippen molar-refractivity contribution in [3.63, 3.8) is 0 Å². The number of hydrogen-bond donors (Lipinski definition) is 0. The van der Waals surface area contributed by atoms with Gasteiger partial charge in [0.1, 0.15) is 0 Å². The zero-order valence-corrected chi connectivity index (χ0v) is 38.4. The van der Waals surface area contributed by atoms with E-state index in [1.54, 1.807) is 0 Å². The third kappa shape index (κ3) is 10.9. The molecule has 0 spiro atoms. The molecule has 316 valence electrons. The molecule has 65 heavy (non-hydrogen) atoms. The van der Waals surface area contributed by atoms with Crippen LogP contribution in [0.1, 0.15) is 0 Å². The fourth-order valence-electron chi connectivity index (χ4n) is 7.92. The van der Waals surface area contributed by atoms with Crippen LogP contribution in [0, 0.1) is 0 Å². The minimum Gasteiger partial charge on any atom is -0.254 e. The van der Waals surface area contributed by atoms with Crippen LogP contribution < -0.4 is 31.8 Å². The van der Waals surface area contributed by atoms with Crippen LogP contribution in [0.5, 0.6) is 0 Å². The molecule has 0 amide bonds. The van der Waals surface area contributed by atoms with Crippen LogP contribution in [0.3, 0.4) is 0 Å². The molecule has 0 unspecified atom stereocenters. The van der Waals surface area contributed by atoms with E-state index in [0.29, 0.717) is 0 Å². The predicted molar refractivity (Wildman–Crippen MR) is 278 cm³/mol. The molecule has 2 nitrogen and oxygen atoms in total. The molecule has 0 saturated heterocycles. The van der Waals surface area contributed by atoms with Crippen LogP contribution in [0.4, 0.5) is 0 Å². The Morgan fingerprint density at radius 3 is 0.677 bits per heavy atom. The van der Waals surface area contributed by atoms with Crippen molar-refractivity contribution in [1.82, 2.24) is 9.97 Å². The average Bonchev–Trinajstić information content (AvgIpc) is 3.39. The fourth-order valence-corrected chi connectivity index (χ4v) is 12.5. The Hall–Kier alpha value is -6.82. The number of nitrogens with zero attached hydrogens (tertiary/aromatic N) is 2. The zero-order chi connectivity index (χ0) is 43.2. The van der Waals surface area contributed by atoms with Gasteiger partial charge in [-0.1, -0.05) is 255 Å². The summed E-state index contributed by atoms with van der Waals surface area (Å²) in [6.07, 6.45) is 3.75. The maximum Gasteiger partial charge on any atom is 1.00 e. The van der Waals surface area contributed by atoms with Gasteiger partial charge < -0.3 is 0 Å². The van der Waals surface area contributed by atoms with Gasteiger partial charge in [0.05, 0.1) is 11.0 Å². The Balaban J connectivity index is 0.000000135. The Bertz CT molecular complexity index is 2720. The first-order valence-corrected chi connectivity index (χ1v) is 24.2. The van der Waals surface area contributed by atoms with Crippen molar-refractivity contribution in [2.24, 2.45) is 0 Å². The standard InChI is InChI=1S/C24H16N2.2C18H15P.Cu/c1-3-7-17(8-4-1)19-13-15-25-23-21(19)11-12-22-20(14-16-26-24(22)23)18-9-5-2-6-10-18;2*1-4-10-16(11-5-1)19(17-12-6-2-7-13-17)18-14-8-3-9-15-18;/h1-16H;2*1-15H;/q;;;+1. The Morgan fingerprint density at radius 2 is 0.446 bits per heavy atom. The van der Waals surface area contributed by atoms with Crippen LogP contribution in [-0.2, 0) is 17.1 Å². The molecule has 0 aliphatic rings. The summed E-state index contributed by atoms with van der Waals surface area (Å²) in [4.78, 5) is 9.34. The molecule has 9 aromatic carbocycles. The molecule has 0 radical (unpaired) electrons. The summed E-state index contributed by atoms with van der Waals surface area (Å²) in [7, 11) is -0.892. The second-order valence-corrected chi connectivity index (χ2v) is 19.4. The van der Waals surface area contributed by atoms with Gasteiger partial charge >= 0.3 is 17.1 Å². The molecule has 5 heteroatoms. The molecule has 0 bridgehead atoms. The van der Waals surface area contributed by atoms with E-state index in [0.717, 1.165) is 21.8 Å². The van der Waals surface area contributed by atoms with Crippen molar-refractivity contribution in [2.75, 3.05) is 0 Å². The van der Waals surface area contributed by atoms with Gasteiger partial charge in [0.25, 0.3) is 0 Å². The van der Waals surface area contributed by atoms with Crippen LogP contribution in [0.2, 0.25) is 0 Å². The molecule has 11 rings (SSSR count). The van der Waals surface area contributed by atoms with Gasteiger partial charge in [-0.15, -0.1) is 0 Å². The second-order valence-electron chi connectivity index (χ2n) is 15.0. The molecule has 0 aliphatic heterocycles. The maximum absolute atomic E-state index is 4.67. The van der Waals surface area contributed by atoms with Gasteiger partial charge in [-0.25, -0.2) is 0 Å². The summed E-state index contributed by atoms with van der Waals surface area (Å²) in [5.74, 6) is 0. The summed E-state index contributed by atoms with van der Waals surface area (Å²) in [6, 6.07) is 94.0. The van der Waals surface area contributed by atoms with Crippen molar-refractivity contribution in [3.8, 4) is 22.3 Å². The van der Waals surface area contributed by atoms with E-state index in [-0.39, 0.29) is 17.1 Å². The summed E-state index contributed by atoms with van der Waals surface area (Å²) >= 11 is 0. The molecule has 0 fully saturated rings. The average molecular weight is 921 g/mol. The van der Waals surface area contributed by atoms with Gasteiger partial charge in [-0.3, -0.25) is 9.97 Å². The van der Waals surface area contributed by atoms with Crippen molar-refractivity contribution in [2.45, 2.75) is 0 Å². The van der Waals surface area contributed by atoms with Gasteiger partial charge in [-0.2, -0.15) is 0 Å². The summed E-state index contributed by atoms with van der Waals surface area (Å²) in [5.41, 5.74) is 6.65. The Kier molecular flexibility index (Phi) is 15.6. The topological polar surface area (TPSA) is 25.8 Å². The molecule has 2 heterocycles. The molecule has 0 N–H and O–H groups in total. The summed E-state index contributed by atoms with van der Waals surface area (Å²) < 4.78 is 0. The van der Waals surface area contributed by atoms with E-state index >= 15 is 0 Å². The smallest absolute Gasteiger partial charge is 0.254 e. The van der Waals surface area contributed by atoms with E-state index in [9.17, 15) is 0 Å². The van der Waals surface area contributed by atoms with Crippen molar-refractivity contribution in [1.29, 1.82) is 0 Å². The Morgan fingerprint density at radius 1 is 0.231 bits per heavy atom. The Labute approximate surface area is 395 Å². The SMILES string of the molecule is [Cu+].c1ccc(-c2ccnc3c2ccc2c(-c4ccccc4)ccnc23)cc1.c1ccc(P(c2ccccc2)c2ccccc2)cc1.c1ccc(P(c2ccccc2)c2ccccc2)cc1. The number of benzene rings is 9. The molecular formula is C60H46CuN2P2+. The monoisotopic (exact) mass is 919 g/mol. The van der Waals surface area contributed by atoms with E-state index in [1.807, 2.05) is 24.5 Å². The van der Waals surface area contributed by atoms with Crippen molar-refractivity contribution >= 4 is 69.5 Å². The van der Waals surface area contributed by atoms with Gasteiger partial charge in [-0.05, 0) is 82.1 Å². The molecule has 0 atom stereocenters. The van der Waals surface area contributed by atoms with Crippen molar-refractivity contribution in [3.05, 3.63) is 279 Å². The van der Waals surface area contributed by atoms with Crippen LogP contribution in [-0.4, -0.2) is 9.97 Å². The first kappa shape index (κ1) is 44.8. The zero-order valence-electron chi connectivity index (χ0n) is 35.6. The van der Waals surface area contributed by atoms with Crippen molar-refractivity contribution < 1.29 is 17.1 Å². The normalized spacial score (nSPS) is 10.6. The van der Waals surface area contributed by atoms with Gasteiger partial charge in [0.15, 0.2) is 0 Å². The molecule has 0 aliphatic carbocycles. The molecule has 11 aromatic rings. The first-order valence-electron chi connectivity index (χ1n) is 21.5. The summed E-state index contributed by atoms with van der Waals surface area (Å²) in [5, 5.41) is 10.6. The maximum atomic E-state index is 4.67. The number of aromatic nitrogens is 2. The fraction of sp³-hybridized carbons (Fsp3) is 0. The molecule has 0 saturated carbocycles. The second kappa shape index (κ2) is 22.7. The molecular weight excluding hydrogens is 874 g/mol. The quantitative estimate of drug-likeness (QED) is 0.0862. The molecule has 2 aromatic heterocycles. The van der Waals surface area contributed by atoms with Gasteiger partial charge in [0, 0.05) is 23.2 Å². The summed E-state index contributed by atoms with van der Waals surface area (Å²) in [6.45, 7) is 0. The first-order chi connectivity index (χ1) is 31.8. The number of rotatable bonds is 8. The van der Waals surface area contributed by atoms with E-state index in [4.69, 9.17) is 0 Å². The third-order valence-corrected chi connectivity index (χ3v) is 15.8. The predicted octanol–water partition coefficient (Wildman–Crippen LogP) is 13.0. The number of pyridine rings is 2. The van der Waals surface area contributed by atoms with Crippen LogP contribution in [0.25, 0.3) is 44.1 Å². The number of hydrogen-bond acceptors (Lipinski definition) is 2. The minimum atomic E-state index is -0.446. The third-order valence-electron chi connectivity index (χ3n) is 10.9. The van der Waals surface area contributed by atoms with Crippen LogP contribution in [0.15, 0.2) is 279 Å². The van der Waals surface area contributed by atoms with E-state index < -0.39 is 15.8 Å².